The Bertz CT molecular complexity index is 1260. The predicted molar refractivity (Wildman–Crippen MR) is 122 cm³/mol. The van der Waals surface area contributed by atoms with Crippen LogP contribution in [-0.4, -0.2) is 43.4 Å². The van der Waals surface area contributed by atoms with Crippen LogP contribution >= 0.6 is 23.4 Å². The highest BCUT2D eigenvalue weighted by molar-refractivity contribution is 7.99. The number of thioether (sulfide) groups is 1. The van der Waals surface area contributed by atoms with Crippen LogP contribution in [0.15, 0.2) is 63.3 Å². The summed E-state index contributed by atoms with van der Waals surface area (Å²) in [5, 5.41) is 7.41. The zero-order chi connectivity index (χ0) is 23.5. The van der Waals surface area contributed by atoms with Crippen molar-refractivity contribution in [2.45, 2.75) is 21.4 Å². The fourth-order valence-electron chi connectivity index (χ4n) is 2.82. The van der Waals surface area contributed by atoms with Gasteiger partial charge in [-0.15, -0.1) is 11.8 Å². The fourth-order valence-corrected chi connectivity index (χ4v) is 5.37. The lowest BCUT2D eigenvalue weighted by Crippen LogP contribution is -2.21. The lowest BCUT2D eigenvalue weighted by Gasteiger charge is -2.08. The Kier molecular flexibility index (Phi) is 7.12. The number of nitrogens with two attached hydrogens (primary N) is 1. The normalized spacial score (nSPS) is 11.2. The molecule has 0 aliphatic carbocycles. The molecule has 3 rings (SSSR count). The van der Waals surface area contributed by atoms with Gasteiger partial charge in [-0.3, -0.25) is 4.79 Å². The number of nitrogens with zero attached hydrogens (tertiary/aromatic N) is 2. The number of nitrogens with one attached hydrogen (secondary N) is 1. The van der Waals surface area contributed by atoms with Gasteiger partial charge < -0.3 is 15.8 Å². The van der Waals surface area contributed by atoms with E-state index in [1.54, 1.807) is 18.4 Å². The lowest BCUT2D eigenvalue weighted by molar-refractivity contribution is -0.116. The molecule has 0 saturated heterocycles. The maximum Gasteiger partial charge on any atom is 0.337 e. The Balaban J connectivity index is 1.83. The summed E-state index contributed by atoms with van der Waals surface area (Å²) in [6, 6.07) is 11.8. The monoisotopic (exact) mass is 494 g/mol. The Hall–Kier alpha value is -3.02. The molecule has 0 saturated carbocycles. The summed E-state index contributed by atoms with van der Waals surface area (Å²) in [5.41, 5.74) is 6.87. The number of methoxy groups -OCH3 is 1. The predicted octanol–water partition coefficient (Wildman–Crippen LogP) is 3.10. The van der Waals surface area contributed by atoms with E-state index in [1.807, 2.05) is 0 Å². The highest BCUT2D eigenvalue weighted by Gasteiger charge is 2.29. The van der Waals surface area contributed by atoms with Gasteiger partial charge in [-0.1, -0.05) is 11.6 Å². The molecule has 1 amide bonds. The van der Waals surface area contributed by atoms with Gasteiger partial charge in [0.15, 0.2) is 0 Å². The summed E-state index contributed by atoms with van der Waals surface area (Å²) >= 11 is 6.95. The first-order valence-corrected chi connectivity index (χ1v) is 12.1. The summed E-state index contributed by atoms with van der Waals surface area (Å²) in [4.78, 5) is 23.8. The van der Waals surface area contributed by atoms with Crippen LogP contribution in [0.5, 0.6) is 0 Å². The van der Waals surface area contributed by atoms with Gasteiger partial charge in [0.1, 0.15) is 22.3 Å². The van der Waals surface area contributed by atoms with Gasteiger partial charge in [-0.05, 0) is 54.8 Å². The van der Waals surface area contributed by atoms with Crippen LogP contribution in [-0.2, 0) is 25.9 Å². The van der Waals surface area contributed by atoms with Gasteiger partial charge in [0.25, 0.3) is 0 Å². The molecule has 9 nitrogen and oxygen atoms in total. The van der Waals surface area contributed by atoms with E-state index in [0.29, 0.717) is 16.3 Å². The number of amides is 1. The van der Waals surface area contributed by atoms with Crippen LogP contribution in [0, 0.1) is 0 Å². The van der Waals surface area contributed by atoms with Crippen molar-refractivity contribution in [3.8, 4) is 0 Å². The van der Waals surface area contributed by atoms with Crippen LogP contribution in [0.4, 0.5) is 11.5 Å². The molecule has 3 N–H and O–H groups in total. The van der Waals surface area contributed by atoms with Gasteiger partial charge in [-0.2, -0.15) is 5.10 Å². The van der Waals surface area contributed by atoms with Gasteiger partial charge in [0.2, 0.25) is 15.7 Å². The van der Waals surface area contributed by atoms with Crippen molar-refractivity contribution >= 4 is 56.6 Å². The largest absolute Gasteiger partial charge is 0.465 e. The number of hydrogen-bond acceptors (Lipinski definition) is 8. The molecule has 3 aromatic rings. The SMILES string of the molecule is COC(=O)c1ccc(NC(=O)Cn2nc(SC)c(S(=O)(=O)c3ccc(Cl)cc3)c2N)cc1. The minimum Gasteiger partial charge on any atom is -0.465 e. The molecule has 0 atom stereocenters. The zero-order valence-corrected chi connectivity index (χ0v) is 19.4. The number of aromatic nitrogens is 2. The number of hydrogen-bond donors (Lipinski definition) is 2. The molecule has 1 aromatic heterocycles. The van der Waals surface area contributed by atoms with E-state index in [-0.39, 0.29) is 27.2 Å². The van der Waals surface area contributed by atoms with Crippen LogP contribution in [0.25, 0.3) is 0 Å². The van der Waals surface area contributed by atoms with Crippen LogP contribution < -0.4 is 11.1 Å². The zero-order valence-electron chi connectivity index (χ0n) is 17.0. The third-order valence-corrected chi connectivity index (χ3v) is 7.27. The van der Waals surface area contributed by atoms with Crippen molar-refractivity contribution < 1.29 is 22.7 Å². The molecule has 168 valence electrons. The lowest BCUT2D eigenvalue weighted by atomic mass is 10.2. The highest BCUT2D eigenvalue weighted by Crippen LogP contribution is 2.34. The highest BCUT2D eigenvalue weighted by atomic mass is 35.5. The molecule has 0 bridgehead atoms. The van der Waals surface area contributed by atoms with Gasteiger partial charge in [-0.25, -0.2) is 17.9 Å². The number of anilines is 2. The average molecular weight is 495 g/mol. The first-order valence-electron chi connectivity index (χ1n) is 9.06. The maximum atomic E-state index is 13.1. The van der Waals surface area contributed by atoms with Gasteiger partial charge in [0.05, 0.1) is 17.6 Å². The first kappa shape index (κ1) is 23.6. The third kappa shape index (κ3) is 4.90. The Morgan fingerprint density at radius 1 is 1.16 bits per heavy atom. The van der Waals surface area contributed by atoms with E-state index in [4.69, 9.17) is 17.3 Å². The van der Waals surface area contributed by atoms with Crippen molar-refractivity contribution in [1.29, 1.82) is 0 Å². The summed E-state index contributed by atoms with van der Waals surface area (Å²) in [7, 11) is -2.71. The topological polar surface area (TPSA) is 133 Å². The second kappa shape index (κ2) is 9.63. The number of halogens is 1. The molecule has 0 fully saturated rings. The summed E-state index contributed by atoms with van der Waals surface area (Å²) < 4.78 is 32.0. The average Bonchev–Trinajstić information content (AvgIpc) is 3.09. The second-order valence-corrected chi connectivity index (χ2v) is 9.57. The van der Waals surface area contributed by atoms with Gasteiger partial charge in [0, 0.05) is 10.7 Å². The summed E-state index contributed by atoms with van der Waals surface area (Å²) in [6.07, 6.45) is 1.66. The minimum atomic E-state index is -3.98. The van der Waals surface area contributed by atoms with E-state index in [1.165, 1.54) is 43.5 Å². The molecule has 0 aliphatic heterocycles. The number of rotatable bonds is 7. The molecule has 0 radical (unpaired) electrons. The minimum absolute atomic E-state index is 0.0126. The van der Waals surface area contributed by atoms with Crippen LogP contribution in [0.1, 0.15) is 10.4 Å². The van der Waals surface area contributed by atoms with E-state index in [2.05, 4.69) is 15.2 Å². The maximum absolute atomic E-state index is 13.1. The number of carbonyl (C=O) groups excluding carboxylic acids is 2. The number of esters is 1. The number of ether oxygens (including phenoxy) is 1. The molecule has 0 unspecified atom stereocenters. The molecule has 0 aliphatic rings. The standard InChI is InChI=1S/C20H19ClN4O5S2/c1-30-20(27)12-3-7-14(8-4-12)23-16(26)11-25-18(22)17(19(24-25)31-2)32(28,29)15-9-5-13(21)6-10-15/h3-10H,11,22H2,1-2H3,(H,23,26). The van der Waals surface area contributed by atoms with E-state index >= 15 is 0 Å². The molecule has 0 spiro atoms. The van der Waals surface area contributed by atoms with Crippen molar-refractivity contribution in [3.63, 3.8) is 0 Å². The number of benzene rings is 2. The number of nitrogen functional groups attached to an aromatic ring is 1. The Morgan fingerprint density at radius 2 is 1.78 bits per heavy atom. The number of carbonyl (C=O) groups is 2. The third-order valence-electron chi connectivity index (χ3n) is 4.39. The smallest absolute Gasteiger partial charge is 0.337 e. The molecular weight excluding hydrogens is 476 g/mol. The van der Waals surface area contributed by atoms with E-state index in [9.17, 15) is 18.0 Å². The Labute approximate surface area is 193 Å². The van der Waals surface area contributed by atoms with Crippen molar-refractivity contribution in [2.75, 3.05) is 24.4 Å². The second-order valence-electron chi connectivity index (χ2n) is 6.46. The number of sulfone groups is 1. The fraction of sp³-hybridized carbons (Fsp3) is 0.150. The Morgan fingerprint density at radius 3 is 2.34 bits per heavy atom. The summed E-state index contributed by atoms with van der Waals surface area (Å²) in [6.45, 7) is -0.311. The van der Waals surface area contributed by atoms with Crippen molar-refractivity contribution in [1.82, 2.24) is 9.78 Å². The molecule has 2 aromatic carbocycles. The van der Waals surface area contributed by atoms with Crippen molar-refractivity contribution in [2.24, 2.45) is 0 Å². The first-order chi connectivity index (χ1) is 15.2. The molecule has 12 heteroatoms. The molecule has 1 heterocycles. The summed E-state index contributed by atoms with van der Waals surface area (Å²) in [5.74, 6) is -1.13. The van der Waals surface area contributed by atoms with Crippen LogP contribution in [0.3, 0.4) is 0 Å². The molecular formula is C20H19ClN4O5S2. The van der Waals surface area contributed by atoms with Crippen LogP contribution in [0.2, 0.25) is 5.02 Å². The molecule has 32 heavy (non-hydrogen) atoms. The van der Waals surface area contributed by atoms with Crippen molar-refractivity contribution in [3.05, 3.63) is 59.1 Å². The van der Waals surface area contributed by atoms with E-state index in [0.717, 1.165) is 16.4 Å². The van der Waals surface area contributed by atoms with Gasteiger partial charge >= 0.3 is 5.97 Å². The quantitative estimate of drug-likeness (QED) is 0.378. The van der Waals surface area contributed by atoms with E-state index < -0.39 is 21.7 Å².